The van der Waals surface area contributed by atoms with E-state index in [9.17, 15) is 13.6 Å². The Hall–Kier alpha value is -1.69. The van der Waals surface area contributed by atoms with E-state index in [1.807, 2.05) is 7.05 Å². The molecule has 1 fully saturated rings. The van der Waals surface area contributed by atoms with E-state index in [0.717, 1.165) is 37.9 Å². The maximum atomic E-state index is 13.5. The average Bonchev–Trinajstić information content (AvgIpc) is 2.48. The number of amides is 2. The molecule has 0 atom stereocenters. The number of anilines is 1. The fraction of sp³-hybridized carbons (Fsp3) is 0.533. The second-order valence-electron chi connectivity index (χ2n) is 5.38. The molecule has 6 heteroatoms. The van der Waals surface area contributed by atoms with Gasteiger partial charge in [0.2, 0.25) is 0 Å². The summed E-state index contributed by atoms with van der Waals surface area (Å²) in [6.45, 7) is 2.32. The molecule has 0 bridgehead atoms. The third kappa shape index (κ3) is 4.39. The van der Waals surface area contributed by atoms with E-state index in [1.165, 1.54) is 6.07 Å². The highest BCUT2D eigenvalue weighted by Crippen LogP contribution is 2.21. The van der Waals surface area contributed by atoms with E-state index in [4.69, 9.17) is 0 Å². The molecule has 0 saturated carbocycles. The first-order valence-corrected chi connectivity index (χ1v) is 7.25. The highest BCUT2D eigenvalue weighted by molar-refractivity contribution is 5.89. The number of hydrogen-bond donors (Lipinski definition) is 2. The molecule has 21 heavy (non-hydrogen) atoms. The Morgan fingerprint density at radius 1 is 1.33 bits per heavy atom. The lowest BCUT2D eigenvalue weighted by Crippen LogP contribution is -2.41. The van der Waals surface area contributed by atoms with Gasteiger partial charge < -0.3 is 15.5 Å². The smallest absolute Gasteiger partial charge is 0.321 e. The van der Waals surface area contributed by atoms with Crippen LogP contribution in [0.5, 0.6) is 0 Å². The summed E-state index contributed by atoms with van der Waals surface area (Å²) in [7, 11) is 1.93. The lowest BCUT2D eigenvalue weighted by molar-refractivity contribution is 0.180. The molecule has 1 aliphatic rings. The molecule has 1 aromatic carbocycles. The number of halogens is 2. The first-order valence-electron chi connectivity index (χ1n) is 7.25. The van der Waals surface area contributed by atoms with Gasteiger partial charge in [0.15, 0.2) is 0 Å². The number of urea groups is 1. The second-order valence-corrected chi connectivity index (χ2v) is 5.38. The van der Waals surface area contributed by atoms with Crippen LogP contribution in [0.25, 0.3) is 0 Å². The average molecular weight is 297 g/mol. The van der Waals surface area contributed by atoms with Crippen LogP contribution in [0.1, 0.15) is 19.3 Å². The van der Waals surface area contributed by atoms with Crippen LogP contribution in [0.2, 0.25) is 0 Å². The van der Waals surface area contributed by atoms with E-state index in [0.29, 0.717) is 19.0 Å². The molecule has 0 aromatic heterocycles. The van der Waals surface area contributed by atoms with Crippen molar-refractivity contribution >= 4 is 11.7 Å². The van der Waals surface area contributed by atoms with Gasteiger partial charge in [-0.1, -0.05) is 0 Å². The lowest BCUT2D eigenvalue weighted by atomic mass is 9.94. The molecule has 116 valence electrons. The van der Waals surface area contributed by atoms with E-state index in [-0.39, 0.29) is 11.7 Å². The van der Waals surface area contributed by atoms with Gasteiger partial charge in [-0.2, -0.15) is 0 Å². The fourth-order valence-electron chi connectivity index (χ4n) is 2.56. The van der Waals surface area contributed by atoms with Gasteiger partial charge in [0.25, 0.3) is 0 Å². The van der Waals surface area contributed by atoms with Crippen LogP contribution in [0.3, 0.4) is 0 Å². The highest BCUT2D eigenvalue weighted by atomic mass is 19.1. The lowest BCUT2D eigenvalue weighted by Gasteiger charge is -2.32. The fourth-order valence-corrected chi connectivity index (χ4v) is 2.56. The largest absolute Gasteiger partial charge is 0.325 e. The summed E-state index contributed by atoms with van der Waals surface area (Å²) < 4.78 is 26.3. The minimum Gasteiger partial charge on any atom is -0.325 e. The molecular weight excluding hydrogens is 276 g/mol. The Morgan fingerprint density at radius 2 is 2.05 bits per heavy atom. The van der Waals surface area contributed by atoms with Crippen LogP contribution in [0.4, 0.5) is 19.3 Å². The van der Waals surface area contributed by atoms with Crippen LogP contribution in [0.15, 0.2) is 18.2 Å². The SMILES string of the molecule is CNCCC1CCN(C(=O)Nc2ccc(F)cc2F)CC1. The monoisotopic (exact) mass is 297 g/mol. The minimum atomic E-state index is -0.757. The maximum absolute atomic E-state index is 13.5. The highest BCUT2D eigenvalue weighted by Gasteiger charge is 2.23. The summed E-state index contributed by atoms with van der Waals surface area (Å²) in [4.78, 5) is 13.7. The number of piperidine rings is 1. The van der Waals surface area contributed by atoms with Crippen LogP contribution >= 0.6 is 0 Å². The molecule has 1 heterocycles. The van der Waals surface area contributed by atoms with Crippen LogP contribution in [-0.4, -0.2) is 37.6 Å². The Balaban J connectivity index is 1.84. The zero-order valence-electron chi connectivity index (χ0n) is 12.2. The van der Waals surface area contributed by atoms with Crippen molar-refractivity contribution in [2.45, 2.75) is 19.3 Å². The van der Waals surface area contributed by atoms with Gasteiger partial charge in [-0.25, -0.2) is 13.6 Å². The zero-order valence-corrected chi connectivity index (χ0v) is 12.2. The van der Waals surface area contributed by atoms with Crippen LogP contribution in [-0.2, 0) is 0 Å². The number of rotatable bonds is 4. The normalized spacial score (nSPS) is 16.0. The van der Waals surface area contributed by atoms with Gasteiger partial charge in [0.05, 0.1) is 5.69 Å². The summed E-state index contributed by atoms with van der Waals surface area (Å²) in [6, 6.07) is 2.80. The number of hydrogen-bond acceptors (Lipinski definition) is 2. The van der Waals surface area contributed by atoms with Crippen LogP contribution < -0.4 is 10.6 Å². The van der Waals surface area contributed by atoms with E-state index < -0.39 is 11.6 Å². The Kier molecular flexibility index (Phi) is 5.50. The molecule has 1 saturated heterocycles. The van der Waals surface area contributed by atoms with Crippen molar-refractivity contribution in [2.24, 2.45) is 5.92 Å². The van der Waals surface area contributed by atoms with Crippen LogP contribution in [0, 0.1) is 17.6 Å². The van der Waals surface area contributed by atoms with E-state index in [2.05, 4.69) is 10.6 Å². The molecule has 0 aliphatic carbocycles. The number of benzene rings is 1. The van der Waals surface area contributed by atoms with Crippen molar-refractivity contribution in [3.8, 4) is 0 Å². The third-order valence-electron chi connectivity index (χ3n) is 3.88. The van der Waals surface area contributed by atoms with Crippen molar-refractivity contribution in [1.82, 2.24) is 10.2 Å². The number of nitrogens with one attached hydrogen (secondary N) is 2. The summed E-state index contributed by atoms with van der Waals surface area (Å²) in [5.41, 5.74) is 0.0127. The Bertz CT molecular complexity index is 488. The number of carbonyl (C=O) groups excluding carboxylic acids is 1. The van der Waals surface area contributed by atoms with Gasteiger partial charge in [-0.3, -0.25) is 0 Å². The first kappa shape index (κ1) is 15.7. The summed E-state index contributed by atoms with van der Waals surface area (Å²) in [5.74, 6) is -0.785. The van der Waals surface area contributed by atoms with Crippen molar-refractivity contribution in [3.63, 3.8) is 0 Å². The number of carbonyl (C=O) groups is 1. The standard InChI is InChI=1S/C15H21F2N3O/c1-18-7-4-11-5-8-20(9-6-11)15(21)19-14-3-2-12(16)10-13(14)17/h2-3,10-11,18H,4-9H2,1H3,(H,19,21). The molecule has 1 aliphatic heterocycles. The van der Waals surface area contributed by atoms with Crippen molar-refractivity contribution < 1.29 is 13.6 Å². The van der Waals surface area contributed by atoms with Crippen molar-refractivity contribution in [2.75, 3.05) is 32.0 Å². The summed E-state index contributed by atoms with van der Waals surface area (Å²) >= 11 is 0. The molecule has 0 spiro atoms. The van der Waals surface area contributed by atoms with Gasteiger partial charge in [0.1, 0.15) is 11.6 Å². The summed E-state index contributed by atoms with van der Waals surface area (Å²) in [5, 5.41) is 5.63. The molecule has 4 nitrogen and oxygen atoms in total. The number of nitrogens with zero attached hydrogens (tertiary/aromatic N) is 1. The summed E-state index contributed by atoms with van der Waals surface area (Å²) in [6.07, 6.45) is 3.03. The van der Waals surface area contributed by atoms with Crippen molar-refractivity contribution in [1.29, 1.82) is 0 Å². The predicted octanol–water partition coefficient (Wildman–Crippen LogP) is 2.82. The molecule has 2 amide bonds. The van der Waals surface area contributed by atoms with Gasteiger partial charge in [-0.05, 0) is 50.9 Å². The Morgan fingerprint density at radius 3 is 2.67 bits per heavy atom. The predicted molar refractivity (Wildman–Crippen MR) is 78.2 cm³/mol. The molecule has 1 aromatic rings. The first-order chi connectivity index (χ1) is 10.1. The molecule has 0 unspecified atom stereocenters. The molecule has 2 N–H and O–H groups in total. The van der Waals surface area contributed by atoms with Gasteiger partial charge >= 0.3 is 6.03 Å². The molecule has 0 radical (unpaired) electrons. The van der Waals surface area contributed by atoms with E-state index in [1.54, 1.807) is 4.90 Å². The van der Waals surface area contributed by atoms with E-state index >= 15 is 0 Å². The minimum absolute atomic E-state index is 0.0127. The molecule has 2 rings (SSSR count). The topological polar surface area (TPSA) is 44.4 Å². The third-order valence-corrected chi connectivity index (χ3v) is 3.88. The van der Waals surface area contributed by atoms with Crippen molar-refractivity contribution in [3.05, 3.63) is 29.8 Å². The quantitative estimate of drug-likeness (QED) is 0.897. The zero-order chi connectivity index (χ0) is 15.2. The number of likely N-dealkylation sites (tertiary alicyclic amines) is 1. The second kappa shape index (κ2) is 7.36. The van der Waals surface area contributed by atoms with Gasteiger partial charge in [-0.15, -0.1) is 0 Å². The maximum Gasteiger partial charge on any atom is 0.321 e. The Labute approximate surface area is 123 Å². The molecular formula is C15H21F2N3O. The van der Waals surface area contributed by atoms with Gasteiger partial charge in [0, 0.05) is 19.2 Å².